The molecule has 19 heavy (non-hydrogen) atoms. The Morgan fingerprint density at radius 1 is 1.11 bits per heavy atom. The molecule has 0 spiro atoms. The summed E-state index contributed by atoms with van der Waals surface area (Å²) < 4.78 is 0. The number of phenols is 1. The van der Waals surface area contributed by atoms with E-state index >= 15 is 0 Å². The quantitative estimate of drug-likeness (QED) is 0.757. The van der Waals surface area contributed by atoms with Crippen LogP contribution in [0.3, 0.4) is 0 Å². The molecule has 1 unspecified atom stereocenters. The molecule has 0 aliphatic heterocycles. The first-order valence-electron chi connectivity index (χ1n) is 7.09. The zero-order chi connectivity index (χ0) is 13.1. The van der Waals surface area contributed by atoms with Crippen LogP contribution in [-0.2, 0) is 0 Å². The molecule has 1 aromatic carbocycles. The molecule has 0 fully saturated rings. The number of fused-ring (bicyclic) bond motifs is 1. The summed E-state index contributed by atoms with van der Waals surface area (Å²) in [6.45, 7) is 0. The van der Waals surface area contributed by atoms with Crippen LogP contribution < -0.4 is 0 Å². The Morgan fingerprint density at radius 3 is 3.00 bits per heavy atom. The first-order valence-corrected chi connectivity index (χ1v) is 7.09. The van der Waals surface area contributed by atoms with Gasteiger partial charge in [0.05, 0.1) is 0 Å². The van der Waals surface area contributed by atoms with Crippen LogP contribution in [0.25, 0.3) is 10.9 Å². The van der Waals surface area contributed by atoms with Gasteiger partial charge in [0.25, 0.3) is 0 Å². The molecule has 0 radical (unpaired) electrons. The zero-order valence-corrected chi connectivity index (χ0v) is 11.0. The number of hydrogen-bond acceptors (Lipinski definition) is 2. The van der Waals surface area contributed by atoms with Crippen LogP contribution in [0, 0.1) is 0 Å². The number of aromatic hydroxyl groups is 1. The number of rotatable bonds is 1. The van der Waals surface area contributed by atoms with Gasteiger partial charge in [-0.25, -0.2) is 0 Å². The zero-order valence-electron chi connectivity index (χ0n) is 11.0. The van der Waals surface area contributed by atoms with Crippen LogP contribution in [0.2, 0.25) is 0 Å². The molecule has 1 aromatic heterocycles. The predicted octanol–water partition coefficient (Wildman–Crippen LogP) is 4.54. The second-order valence-electron chi connectivity index (χ2n) is 5.25. The number of pyridine rings is 1. The third-order valence-corrected chi connectivity index (χ3v) is 3.93. The van der Waals surface area contributed by atoms with Crippen molar-refractivity contribution in [1.82, 2.24) is 4.98 Å². The van der Waals surface area contributed by atoms with Crippen molar-refractivity contribution in [3.05, 3.63) is 48.2 Å². The fraction of sp³-hybridized carbons (Fsp3) is 0.353. The average Bonchev–Trinajstić information content (AvgIpc) is 2.40. The van der Waals surface area contributed by atoms with Crippen LogP contribution >= 0.6 is 0 Å². The second kappa shape index (κ2) is 5.43. The van der Waals surface area contributed by atoms with E-state index in [4.69, 9.17) is 0 Å². The molecular formula is C17H19NO. The smallest absolute Gasteiger partial charge is 0.145 e. The van der Waals surface area contributed by atoms with Gasteiger partial charge in [-0.15, -0.1) is 0 Å². The summed E-state index contributed by atoms with van der Waals surface area (Å²) in [5.41, 5.74) is 1.74. The summed E-state index contributed by atoms with van der Waals surface area (Å²) >= 11 is 0. The molecule has 1 aliphatic carbocycles. The van der Waals surface area contributed by atoms with Crippen molar-refractivity contribution in [2.75, 3.05) is 0 Å². The van der Waals surface area contributed by atoms with Crippen molar-refractivity contribution in [3.63, 3.8) is 0 Å². The maximum absolute atomic E-state index is 10.5. The van der Waals surface area contributed by atoms with E-state index in [-0.39, 0.29) is 0 Å². The topological polar surface area (TPSA) is 33.1 Å². The van der Waals surface area contributed by atoms with E-state index < -0.39 is 0 Å². The van der Waals surface area contributed by atoms with Crippen molar-refractivity contribution in [3.8, 4) is 5.75 Å². The lowest BCUT2D eigenvalue weighted by Crippen LogP contribution is -1.99. The Hall–Kier alpha value is -1.83. The van der Waals surface area contributed by atoms with Crippen molar-refractivity contribution < 1.29 is 5.11 Å². The number of aromatic nitrogens is 1. The van der Waals surface area contributed by atoms with Crippen LogP contribution in [-0.4, -0.2) is 10.1 Å². The highest BCUT2D eigenvalue weighted by atomic mass is 16.3. The predicted molar refractivity (Wildman–Crippen MR) is 78.4 cm³/mol. The standard InChI is InChI=1S/C17H19NO/c19-17-15(13-7-4-2-1-3-5-8-13)11-10-14-9-6-12-18-16(14)17/h4,6-7,9-13,19H,1-3,5,8H2/b7-4-. The van der Waals surface area contributed by atoms with Gasteiger partial charge < -0.3 is 5.11 Å². The average molecular weight is 253 g/mol. The molecule has 0 bridgehead atoms. The summed E-state index contributed by atoms with van der Waals surface area (Å²) in [4.78, 5) is 4.30. The molecule has 1 N–H and O–H groups in total. The second-order valence-corrected chi connectivity index (χ2v) is 5.25. The Labute approximate surface area is 113 Å². The molecule has 3 rings (SSSR count). The summed E-state index contributed by atoms with van der Waals surface area (Å²) in [5, 5.41) is 11.5. The first kappa shape index (κ1) is 12.2. The molecule has 2 aromatic rings. The lowest BCUT2D eigenvalue weighted by Gasteiger charge is -2.17. The van der Waals surface area contributed by atoms with Gasteiger partial charge in [-0.05, 0) is 25.3 Å². The lowest BCUT2D eigenvalue weighted by molar-refractivity contribution is 0.466. The van der Waals surface area contributed by atoms with Gasteiger partial charge in [-0.1, -0.05) is 43.2 Å². The maximum atomic E-state index is 10.5. The minimum absolute atomic E-state index is 0.326. The van der Waals surface area contributed by atoms with Gasteiger partial charge in [-0.3, -0.25) is 4.98 Å². The van der Waals surface area contributed by atoms with Crippen molar-refractivity contribution >= 4 is 10.9 Å². The fourth-order valence-corrected chi connectivity index (χ4v) is 2.86. The minimum Gasteiger partial charge on any atom is -0.505 e. The highest BCUT2D eigenvalue weighted by Gasteiger charge is 2.16. The van der Waals surface area contributed by atoms with Crippen molar-refractivity contribution in [1.29, 1.82) is 0 Å². The van der Waals surface area contributed by atoms with Crippen LogP contribution in [0.1, 0.15) is 43.6 Å². The van der Waals surface area contributed by atoms with E-state index in [0.29, 0.717) is 11.7 Å². The summed E-state index contributed by atoms with van der Waals surface area (Å²) in [6.07, 6.45) is 12.3. The van der Waals surface area contributed by atoms with Gasteiger partial charge in [0, 0.05) is 23.1 Å². The van der Waals surface area contributed by atoms with E-state index in [1.807, 2.05) is 12.1 Å². The Kier molecular flexibility index (Phi) is 3.49. The van der Waals surface area contributed by atoms with Gasteiger partial charge in [0.15, 0.2) is 0 Å². The number of allylic oxidation sites excluding steroid dienone is 2. The van der Waals surface area contributed by atoms with Crippen molar-refractivity contribution in [2.24, 2.45) is 0 Å². The highest BCUT2D eigenvalue weighted by Crippen LogP contribution is 2.36. The number of phenolic OH excluding ortho intramolecular Hbond substituents is 1. The van der Waals surface area contributed by atoms with Crippen LogP contribution in [0.15, 0.2) is 42.6 Å². The fourth-order valence-electron chi connectivity index (χ4n) is 2.86. The molecule has 1 aliphatic rings. The summed E-state index contributed by atoms with van der Waals surface area (Å²) in [6, 6.07) is 8.00. The normalized spacial score (nSPS) is 21.8. The molecule has 0 saturated carbocycles. The van der Waals surface area contributed by atoms with Gasteiger partial charge >= 0.3 is 0 Å². The van der Waals surface area contributed by atoms with Crippen LogP contribution in [0.5, 0.6) is 5.75 Å². The summed E-state index contributed by atoms with van der Waals surface area (Å²) in [5.74, 6) is 0.681. The Morgan fingerprint density at radius 2 is 2.05 bits per heavy atom. The van der Waals surface area contributed by atoms with E-state index in [9.17, 15) is 5.11 Å². The molecule has 1 heterocycles. The van der Waals surface area contributed by atoms with Crippen molar-refractivity contribution in [2.45, 2.75) is 38.0 Å². The van der Waals surface area contributed by atoms with E-state index in [1.165, 1.54) is 19.3 Å². The van der Waals surface area contributed by atoms with E-state index in [0.717, 1.165) is 29.3 Å². The minimum atomic E-state index is 0.326. The number of benzene rings is 1. The number of hydrogen-bond donors (Lipinski definition) is 1. The first-order chi connectivity index (χ1) is 9.36. The third kappa shape index (κ3) is 2.48. The van der Waals surface area contributed by atoms with Gasteiger partial charge in [-0.2, -0.15) is 0 Å². The Bertz CT molecular complexity index is 603. The Balaban J connectivity index is 2.04. The molecule has 2 nitrogen and oxygen atoms in total. The molecule has 2 heteroatoms. The molecular weight excluding hydrogens is 234 g/mol. The van der Waals surface area contributed by atoms with Gasteiger partial charge in [0.1, 0.15) is 11.3 Å². The molecule has 0 saturated heterocycles. The molecule has 98 valence electrons. The summed E-state index contributed by atoms with van der Waals surface area (Å²) in [7, 11) is 0. The molecule has 0 amide bonds. The third-order valence-electron chi connectivity index (χ3n) is 3.93. The monoisotopic (exact) mass is 253 g/mol. The van der Waals surface area contributed by atoms with Gasteiger partial charge in [0.2, 0.25) is 0 Å². The number of nitrogens with zero attached hydrogens (tertiary/aromatic N) is 1. The SMILES string of the molecule is Oc1c(C2/C=C\CCCCC2)ccc2cccnc12. The largest absolute Gasteiger partial charge is 0.505 e. The van der Waals surface area contributed by atoms with E-state index in [1.54, 1.807) is 6.20 Å². The molecule has 1 atom stereocenters. The van der Waals surface area contributed by atoms with E-state index in [2.05, 4.69) is 29.3 Å². The maximum Gasteiger partial charge on any atom is 0.145 e. The highest BCUT2D eigenvalue weighted by molar-refractivity contribution is 5.85. The lowest BCUT2D eigenvalue weighted by atomic mass is 9.89. The van der Waals surface area contributed by atoms with Crippen LogP contribution in [0.4, 0.5) is 0 Å².